The molecule has 102 valence electrons. The molecule has 0 aromatic carbocycles. The van der Waals surface area contributed by atoms with E-state index in [0.29, 0.717) is 6.42 Å². The Morgan fingerprint density at radius 3 is 2.06 bits per heavy atom. The second-order valence-electron chi connectivity index (χ2n) is 4.26. The van der Waals surface area contributed by atoms with Gasteiger partial charge in [-0.1, -0.05) is 32.6 Å². The fraction of sp³-hybridized carbons (Fsp3) is 0.714. The molecule has 0 aliphatic heterocycles. The Morgan fingerprint density at radius 1 is 1.11 bits per heavy atom. The van der Waals surface area contributed by atoms with Crippen LogP contribution < -0.4 is 0 Å². The molecule has 0 amide bonds. The Morgan fingerprint density at radius 2 is 1.67 bits per heavy atom. The van der Waals surface area contributed by atoms with Gasteiger partial charge in [0.25, 0.3) is 0 Å². The molecule has 18 heavy (non-hydrogen) atoms. The van der Waals surface area contributed by atoms with Crippen molar-refractivity contribution in [1.82, 2.24) is 0 Å². The van der Waals surface area contributed by atoms with Gasteiger partial charge in [-0.25, -0.2) is 0 Å². The smallest absolute Gasteiger partial charge is 0.324 e. The number of hydrogen-bond acceptors (Lipinski definition) is 4. The van der Waals surface area contributed by atoms with Gasteiger partial charge in [0.15, 0.2) is 5.41 Å². The highest BCUT2D eigenvalue weighted by Gasteiger charge is 2.47. The van der Waals surface area contributed by atoms with Gasteiger partial charge >= 0.3 is 11.9 Å². The molecule has 0 saturated heterocycles. The SMILES string of the molecule is C#CCC(CCCCCC)(C(=O)OC)C(=O)OC. The summed E-state index contributed by atoms with van der Waals surface area (Å²) in [6, 6.07) is 0. The molecular formula is C14H22O4. The Labute approximate surface area is 109 Å². The summed E-state index contributed by atoms with van der Waals surface area (Å²) in [6.45, 7) is 2.09. The minimum Gasteiger partial charge on any atom is -0.468 e. The van der Waals surface area contributed by atoms with Gasteiger partial charge in [0, 0.05) is 6.42 Å². The normalized spacial score (nSPS) is 10.6. The predicted molar refractivity (Wildman–Crippen MR) is 68.7 cm³/mol. The summed E-state index contributed by atoms with van der Waals surface area (Å²) < 4.78 is 9.43. The molecule has 0 saturated carbocycles. The lowest BCUT2D eigenvalue weighted by atomic mass is 9.79. The lowest BCUT2D eigenvalue weighted by molar-refractivity contribution is -0.169. The summed E-state index contributed by atoms with van der Waals surface area (Å²) in [5.74, 6) is 1.16. The summed E-state index contributed by atoms with van der Waals surface area (Å²) in [5.41, 5.74) is -1.34. The molecule has 0 atom stereocenters. The third-order valence-electron chi connectivity index (χ3n) is 3.01. The first-order valence-corrected chi connectivity index (χ1v) is 6.19. The van der Waals surface area contributed by atoms with E-state index in [0.717, 1.165) is 25.7 Å². The number of terminal acetylenes is 1. The molecule has 0 spiro atoms. The average Bonchev–Trinajstić information content (AvgIpc) is 2.40. The molecular weight excluding hydrogens is 232 g/mol. The second kappa shape index (κ2) is 8.57. The highest BCUT2D eigenvalue weighted by atomic mass is 16.5. The van der Waals surface area contributed by atoms with Gasteiger partial charge in [0.2, 0.25) is 0 Å². The van der Waals surface area contributed by atoms with Crippen molar-refractivity contribution in [3.8, 4) is 12.3 Å². The van der Waals surface area contributed by atoms with Crippen LogP contribution in [0.25, 0.3) is 0 Å². The Balaban J connectivity index is 4.91. The monoisotopic (exact) mass is 254 g/mol. The van der Waals surface area contributed by atoms with E-state index in [-0.39, 0.29) is 6.42 Å². The summed E-state index contributed by atoms with van der Waals surface area (Å²) in [6.07, 6.45) is 9.50. The zero-order valence-electron chi connectivity index (χ0n) is 11.5. The van der Waals surface area contributed by atoms with E-state index in [9.17, 15) is 9.59 Å². The number of methoxy groups -OCH3 is 2. The van der Waals surface area contributed by atoms with Crippen LogP contribution in [-0.2, 0) is 19.1 Å². The van der Waals surface area contributed by atoms with Gasteiger partial charge in [-0.3, -0.25) is 9.59 Å². The molecule has 0 rings (SSSR count). The standard InChI is InChI=1S/C14H22O4/c1-5-7-8-9-11-14(10-6-2,12(15)17-3)13(16)18-4/h2H,5,7-11H2,1,3-4H3. The first kappa shape index (κ1) is 16.5. The molecule has 0 radical (unpaired) electrons. The van der Waals surface area contributed by atoms with Crippen molar-refractivity contribution in [2.24, 2.45) is 5.41 Å². The number of hydrogen-bond donors (Lipinski definition) is 0. The third kappa shape index (κ3) is 4.06. The van der Waals surface area contributed by atoms with Crippen molar-refractivity contribution in [2.75, 3.05) is 14.2 Å². The number of unbranched alkanes of at least 4 members (excludes halogenated alkanes) is 3. The van der Waals surface area contributed by atoms with Gasteiger partial charge in [-0.2, -0.15) is 0 Å². The van der Waals surface area contributed by atoms with Crippen LogP contribution in [-0.4, -0.2) is 26.2 Å². The van der Waals surface area contributed by atoms with Gasteiger partial charge < -0.3 is 9.47 Å². The highest BCUT2D eigenvalue weighted by molar-refractivity contribution is 6.00. The topological polar surface area (TPSA) is 52.6 Å². The maximum atomic E-state index is 11.9. The summed E-state index contributed by atoms with van der Waals surface area (Å²) >= 11 is 0. The van der Waals surface area contributed by atoms with Gasteiger partial charge in [0.1, 0.15) is 0 Å². The van der Waals surface area contributed by atoms with E-state index < -0.39 is 17.4 Å². The fourth-order valence-electron chi connectivity index (χ4n) is 1.94. The molecule has 0 aromatic rings. The third-order valence-corrected chi connectivity index (χ3v) is 3.01. The van der Waals surface area contributed by atoms with Crippen molar-refractivity contribution in [3.05, 3.63) is 0 Å². The van der Waals surface area contributed by atoms with E-state index in [1.165, 1.54) is 14.2 Å². The van der Waals surface area contributed by atoms with Crippen molar-refractivity contribution in [2.45, 2.75) is 45.4 Å². The molecule has 0 aromatic heterocycles. The Bertz CT molecular complexity index is 298. The van der Waals surface area contributed by atoms with Gasteiger partial charge in [-0.15, -0.1) is 12.3 Å². The quantitative estimate of drug-likeness (QED) is 0.289. The molecule has 4 heteroatoms. The van der Waals surface area contributed by atoms with Crippen LogP contribution in [0.5, 0.6) is 0 Å². The van der Waals surface area contributed by atoms with Gasteiger partial charge in [0.05, 0.1) is 14.2 Å². The maximum Gasteiger partial charge on any atom is 0.324 e. The van der Waals surface area contributed by atoms with Crippen molar-refractivity contribution in [3.63, 3.8) is 0 Å². The van der Waals surface area contributed by atoms with Crippen LogP contribution in [0.1, 0.15) is 45.4 Å². The van der Waals surface area contributed by atoms with Crippen LogP contribution in [0.15, 0.2) is 0 Å². The largest absolute Gasteiger partial charge is 0.468 e. The van der Waals surface area contributed by atoms with Crippen molar-refractivity contribution in [1.29, 1.82) is 0 Å². The molecule has 0 N–H and O–H groups in total. The zero-order chi connectivity index (χ0) is 14.0. The number of esters is 2. The minimum absolute atomic E-state index is 0.0124. The van der Waals surface area contributed by atoms with Crippen LogP contribution in [0.3, 0.4) is 0 Å². The first-order chi connectivity index (χ1) is 8.58. The first-order valence-electron chi connectivity index (χ1n) is 6.19. The molecule has 0 heterocycles. The molecule has 0 bridgehead atoms. The molecule has 0 aliphatic carbocycles. The number of ether oxygens (including phenoxy) is 2. The van der Waals surface area contributed by atoms with E-state index >= 15 is 0 Å². The minimum atomic E-state index is -1.34. The molecule has 0 fully saturated rings. The second-order valence-corrected chi connectivity index (χ2v) is 4.26. The van der Waals surface area contributed by atoms with Crippen LogP contribution >= 0.6 is 0 Å². The predicted octanol–water partition coefficient (Wildman–Crippen LogP) is 2.31. The maximum absolute atomic E-state index is 11.9. The summed E-state index contributed by atoms with van der Waals surface area (Å²) in [4.78, 5) is 23.7. The fourth-order valence-corrected chi connectivity index (χ4v) is 1.94. The number of carbonyl (C=O) groups is 2. The van der Waals surface area contributed by atoms with Crippen molar-refractivity contribution < 1.29 is 19.1 Å². The van der Waals surface area contributed by atoms with Crippen molar-refractivity contribution >= 4 is 11.9 Å². The summed E-state index contributed by atoms with van der Waals surface area (Å²) in [7, 11) is 2.51. The van der Waals surface area contributed by atoms with E-state index in [1.54, 1.807) is 0 Å². The van der Waals surface area contributed by atoms with Crippen LogP contribution in [0, 0.1) is 17.8 Å². The Hall–Kier alpha value is -1.50. The van der Waals surface area contributed by atoms with Gasteiger partial charge in [-0.05, 0) is 6.42 Å². The lowest BCUT2D eigenvalue weighted by Crippen LogP contribution is -2.41. The van der Waals surface area contributed by atoms with Crippen LogP contribution in [0.2, 0.25) is 0 Å². The molecule has 0 aliphatic rings. The number of carbonyl (C=O) groups excluding carboxylic acids is 2. The average molecular weight is 254 g/mol. The van der Waals surface area contributed by atoms with E-state index in [2.05, 4.69) is 12.8 Å². The lowest BCUT2D eigenvalue weighted by Gasteiger charge is -2.26. The number of rotatable bonds is 8. The van der Waals surface area contributed by atoms with E-state index in [1.807, 2.05) is 0 Å². The molecule has 0 unspecified atom stereocenters. The summed E-state index contributed by atoms with van der Waals surface area (Å²) in [5, 5.41) is 0. The van der Waals surface area contributed by atoms with E-state index in [4.69, 9.17) is 15.9 Å². The van der Waals surface area contributed by atoms with Crippen LogP contribution in [0.4, 0.5) is 0 Å². The molecule has 4 nitrogen and oxygen atoms in total. The highest BCUT2D eigenvalue weighted by Crippen LogP contribution is 2.32. The Kier molecular flexibility index (Phi) is 7.86. The zero-order valence-corrected chi connectivity index (χ0v) is 11.5.